The number of rotatable bonds is 4. The summed E-state index contributed by atoms with van der Waals surface area (Å²) in [6.07, 6.45) is 4.22. The van der Waals surface area contributed by atoms with E-state index >= 15 is 0 Å². The SMILES string of the molecule is CCOC(=O)C=C1[C@@H]2C=C(C)C[C@@]1(C(=O)N=[N+]=[N-])c1ccc(OC)nc1C2. The Kier molecular flexibility index (Phi) is 5.01. The summed E-state index contributed by atoms with van der Waals surface area (Å²) in [4.78, 5) is 32.4. The number of hydrogen-bond acceptors (Lipinski definition) is 5. The van der Waals surface area contributed by atoms with Crippen molar-refractivity contribution >= 4 is 11.9 Å². The molecule has 0 saturated carbocycles. The maximum absolute atomic E-state index is 13.0. The molecule has 1 heterocycles. The molecule has 8 heteroatoms. The Bertz CT molecular complexity index is 914. The van der Waals surface area contributed by atoms with E-state index in [0.717, 1.165) is 5.57 Å². The second-order valence-corrected chi connectivity index (χ2v) is 6.60. The van der Waals surface area contributed by atoms with E-state index < -0.39 is 17.3 Å². The minimum Gasteiger partial charge on any atom is -0.481 e. The van der Waals surface area contributed by atoms with Gasteiger partial charge in [-0.1, -0.05) is 17.7 Å². The Morgan fingerprint density at radius 1 is 1.48 bits per heavy atom. The number of amides is 1. The highest BCUT2D eigenvalue weighted by molar-refractivity contribution is 5.97. The highest BCUT2D eigenvalue weighted by atomic mass is 16.5. The first kappa shape index (κ1) is 18.7. The van der Waals surface area contributed by atoms with Crippen LogP contribution in [0.4, 0.5) is 0 Å². The molecule has 3 rings (SSSR count). The Hall–Kier alpha value is -3.12. The number of hydrogen-bond donors (Lipinski definition) is 0. The zero-order valence-electron chi connectivity index (χ0n) is 15.4. The molecular formula is C19H20N4O4. The van der Waals surface area contributed by atoms with Crippen LogP contribution in [0.3, 0.4) is 0 Å². The number of allylic oxidation sites excluding steroid dienone is 2. The zero-order chi connectivity index (χ0) is 19.6. The van der Waals surface area contributed by atoms with Crippen LogP contribution in [0.15, 0.2) is 40.5 Å². The van der Waals surface area contributed by atoms with Crippen LogP contribution in [-0.4, -0.2) is 30.6 Å². The van der Waals surface area contributed by atoms with E-state index in [9.17, 15) is 9.59 Å². The maximum Gasteiger partial charge on any atom is 0.330 e. The molecule has 2 aliphatic carbocycles. The van der Waals surface area contributed by atoms with Gasteiger partial charge in [-0.3, -0.25) is 4.79 Å². The van der Waals surface area contributed by atoms with Gasteiger partial charge in [0.25, 0.3) is 0 Å². The van der Waals surface area contributed by atoms with Crippen LogP contribution in [0.5, 0.6) is 5.88 Å². The molecule has 2 atom stereocenters. The van der Waals surface area contributed by atoms with Crippen LogP contribution in [0.1, 0.15) is 31.5 Å². The van der Waals surface area contributed by atoms with Gasteiger partial charge in [-0.05, 0) is 42.1 Å². The molecule has 27 heavy (non-hydrogen) atoms. The average Bonchev–Trinajstić information content (AvgIpc) is 2.62. The fourth-order valence-corrected chi connectivity index (χ4v) is 4.08. The summed E-state index contributed by atoms with van der Waals surface area (Å²) < 4.78 is 10.3. The first-order valence-electron chi connectivity index (χ1n) is 8.66. The van der Waals surface area contributed by atoms with E-state index in [1.807, 2.05) is 13.0 Å². The Labute approximate surface area is 156 Å². The van der Waals surface area contributed by atoms with Crippen LogP contribution >= 0.6 is 0 Å². The number of carbonyl (C=O) groups is 2. The van der Waals surface area contributed by atoms with Crippen LogP contribution in [0.2, 0.25) is 0 Å². The predicted molar refractivity (Wildman–Crippen MR) is 96.9 cm³/mol. The molecule has 0 radical (unpaired) electrons. The monoisotopic (exact) mass is 368 g/mol. The quantitative estimate of drug-likeness (QED) is 0.202. The first-order valence-corrected chi connectivity index (χ1v) is 8.66. The fraction of sp³-hybridized carbons (Fsp3) is 0.421. The minimum absolute atomic E-state index is 0.215. The van der Waals surface area contributed by atoms with Crippen LogP contribution in [0.25, 0.3) is 10.4 Å². The predicted octanol–water partition coefficient (Wildman–Crippen LogP) is 3.18. The molecular weight excluding hydrogens is 348 g/mol. The number of pyridine rings is 1. The van der Waals surface area contributed by atoms with Gasteiger partial charge >= 0.3 is 5.97 Å². The van der Waals surface area contributed by atoms with E-state index in [1.54, 1.807) is 19.1 Å². The van der Waals surface area contributed by atoms with E-state index in [-0.39, 0.29) is 12.5 Å². The second-order valence-electron chi connectivity index (χ2n) is 6.60. The van der Waals surface area contributed by atoms with Crippen molar-refractivity contribution in [3.63, 3.8) is 0 Å². The number of azide groups is 1. The zero-order valence-corrected chi connectivity index (χ0v) is 15.4. The summed E-state index contributed by atoms with van der Waals surface area (Å²) in [5, 5.41) is 3.40. The van der Waals surface area contributed by atoms with Gasteiger partial charge in [0.1, 0.15) is 0 Å². The Morgan fingerprint density at radius 2 is 2.26 bits per heavy atom. The van der Waals surface area contributed by atoms with Gasteiger partial charge in [0.05, 0.1) is 19.1 Å². The largest absolute Gasteiger partial charge is 0.481 e. The number of nitrogens with zero attached hydrogens (tertiary/aromatic N) is 4. The highest BCUT2D eigenvalue weighted by Crippen LogP contribution is 2.52. The summed E-state index contributed by atoms with van der Waals surface area (Å²) in [7, 11) is 1.52. The molecule has 1 aromatic heterocycles. The van der Waals surface area contributed by atoms with Crippen molar-refractivity contribution in [1.29, 1.82) is 0 Å². The molecule has 2 aliphatic rings. The molecule has 1 aromatic rings. The Morgan fingerprint density at radius 3 is 2.93 bits per heavy atom. The lowest BCUT2D eigenvalue weighted by atomic mass is 9.57. The summed E-state index contributed by atoms with van der Waals surface area (Å²) in [5.41, 5.74) is 10.5. The number of methoxy groups -OCH3 is 1. The normalized spacial score (nSPS) is 24.3. The Balaban J connectivity index is 2.29. The first-order chi connectivity index (χ1) is 13.0. The van der Waals surface area contributed by atoms with Gasteiger partial charge in [-0.15, -0.1) is 0 Å². The van der Waals surface area contributed by atoms with Crippen molar-refractivity contribution < 1.29 is 19.1 Å². The number of ether oxygens (including phenoxy) is 2. The van der Waals surface area contributed by atoms with Crippen molar-refractivity contribution in [1.82, 2.24) is 4.98 Å². The summed E-state index contributed by atoms with van der Waals surface area (Å²) >= 11 is 0. The maximum atomic E-state index is 13.0. The van der Waals surface area contributed by atoms with Gasteiger partial charge in [-0.2, -0.15) is 0 Å². The van der Waals surface area contributed by atoms with Crippen molar-refractivity contribution in [2.24, 2.45) is 11.0 Å². The molecule has 8 nitrogen and oxygen atoms in total. The lowest BCUT2D eigenvalue weighted by molar-refractivity contribution is -0.137. The van der Waals surface area contributed by atoms with Crippen molar-refractivity contribution in [3.05, 3.63) is 57.1 Å². The molecule has 0 spiro atoms. The van der Waals surface area contributed by atoms with Gasteiger partial charge in [0.15, 0.2) is 0 Å². The third-order valence-corrected chi connectivity index (χ3v) is 5.01. The molecule has 0 unspecified atom stereocenters. The third kappa shape index (κ3) is 3.08. The molecule has 0 aliphatic heterocycles. The standard InChI is InChI=1S/C19H20N4O4/c1-4-27-17(24)9-14-12-7-11(2)10-19(14,18(25)22-23-20)13-5-6-16(26-3)21-15(13)8-12/h5-7,9,12H,4,8,10H2,1-3H3/t12-,19-/m1/s1. The molecule has 0 N–H and O–H groups in total. The van der Waals surface area contributed by atoms with Gasteiger partial charge in [0.2, 0.25) is 11.8 Å². The molecule has 0 fully saturated rings. The smallest absolute Gasteiger partial charge is 0.330 e. The topological polar surface area (TPSA) is 114 Å². The lowest BCUT2D eigenvalue weighted by Gasteiger charge is -2.45. The number of aromatic nitrogens is 1. The molecule has 140 valence electrons. The highest BCUT2D eigenvalue weighted by Gasteiger charge is 2.52. The molecule has 2 bridgehead atoms. The average molecular weight is 368 g/mol. The van der Waals surface area contributed by atoms with Gasteiger partial charge in [0, 0.05) is 35.1 Å². The third-order valence-electron chi connectivity index (χ3n) is 5.01. The van der Waals surface area contributed by atoms with Crippen molar-refractivity contribution in [2.45, 2.75) is 32.1 Å². The fourth-order valence-electron chi connectivity index (χ4n) is 4.08. The second kappa shape index (κ2) is 7.25. The summed E-state index contributed by atoms with van der Waals surface area (Å²) in [6.45, 7) is 3.87. The number of fused-ring (bicyclic) bond motifs is 4. The van der Waals surface area contributed by atoms with Gasteiger partial charge < -0.3 is 9.47 Å². The van der Waals surface area contributed by atoms with E-state index in [4.69, 9.17) is 15.0 Å². The minimum atomic E-state index is -1.25. The number of esters is 1. The van der Waals surface area contributed by atoms with E-state index in [2.05, 4.69) is 15.0 Å². The summed E-state index contributed by atoms with van der Waals surface area (Å²) in [6, 6.07) is 3.43. The van der Waals surface area contributed by atoms with Crippen LogP contribution < -0.4 is 4.74 Å². The lowest BCUT2D eigenvalue weighted by Crippen LogP contribution is -2.46. The number of carbonyl (C=O) groups excluding carboxylic acids is 2. The van der Waals surface area contributed by atoms with Crippen LogP contribution in [0, 0.1) is 5.92 Å². The molecule has 1 amide bonds. The van der Waals surface area contributed by atoms with Crippen molar-refractivity contribution in [3.8, 4) is 5.88 Å². The molecule has 0 saturated heterocycles. The van der Waals surface area contributed by atoms with Crippen LogP contribution in [-0.2, 0) is 26.2 Å². The summed E-state index contributed by atoms with van der Waals surface area (Å²) in [5.74, 6) is -0.941. The molecule has 0 aromatic carbocycles. The van der Waals surface area contributed by atoms with E-state index in [1.165, 1.54) is 13.2 Å². The van der Waals surface area contributed by atoms with E-state index in [0.29, 0.717) is 35.6 Å². The van der Waals surface area contributed by atoms with Gasteiger partial charge in [-0.25, -0.2) is 9.78 Å². The van der Waals surface area contributed by atoms with Crippen molar-refractivity contribution in [2.75, 3.05) is 13.7 Å².